The Hall–Kier alpha value is -3.31. The van der Waals surface area contributed by atoms with Crippen LogP contribution in [0.25, 0.3) is 0 Å². The summed E-state index contributed by atoms with van der Waals surface area (Å²) in [7, 11) is 0. The lowest BCUT2D eigenvalue weighted by molar-refractivity contribution is 0.262. The Morgan fingerprint density at radius 2 is 1.60 bits per heavy atom. The van der Waals surface area contributed by atoms with Crippen molar-refractivity contribution in [2.45, 2.75) is 0 Å². The van der Waals surface area contributed by atoms with Crippen molar-refractivity contribution in [2.75, 3.05) is 10.6 Å². The SMILES string of the molecule is N#Cc1ccc(NC(=O)Nc2ccccc2C#N)cc1. The standard InChI is InChI=1S/C15H10N4O/c16-9-11-5-7-13(8-6-11)18-15(20)19-14-4-2-1-3-12(14)10-17/h1-8H,(H2,18,19,20). The summed E-state index contributed by atoms with van der Waals surface area (Å²) in [6, 6.07) is 16.8. The van der Waals surface area contributed by atoms with Gasteiger partial charge in [-0.15, -0.1) is 0 Å². The summed E-state index contributed by atoms with van der Waals surface area (Å²) in [4.78, 5) is 11.8. The molecule has 0 saturated carbocycles. The number of carbonyl (C=O) groups excluding carboxylic acids is 1. The summed E-state index contributed by atoms with van der Waals surface area (Å²) < 4.78 is 0. The molecule has 2 amide bonds. The minimum absolute atomic E-state index is 0.391. The van der Waals surface area contributed by atoms with E-state index in [1.165, 1.54) is 0 Å². The van der Waals surface area contributed by atoms with Gasteiger partial charge in [-0.25, -0.2) is 4.79 Å². The number of hydrogen-bond acceptors (Lipinski definition) is 3. The van der Waals surface area contributed by atoms with E-state index in [1.807, 2.05) is 12.1 Å². The molecule has 0 aliphatic carbocycles. The molecule has 0 spiro atoms. The predicted octanol–water partition coefficient (Wildman–Crippen LogP) is 3.07. The van der Waals surface area contributed by atoms with Gasteiger partial charge in [0.15, 0.2) is 0 Å². The summed E-state index contributed by atoms with van der Waals surface area (Å²) in [5, 5.41) is 22.8. The molecule has 5 nitrogen and oxygen atoms in total. The van der Waals surface area contributed by atoms with Crippen LogP contribution in [0.1, 0.15) is 11.1 Å². The Morgan fingerprint density at radius 1 is 0.900 bits per heavy atom. The first-order chi connectivity index (χ1) is 9.72. The van der Waals surface area contributed by atoms with Gasteiger partial charge in [0.1, 0.15) is 6.07 Å². The molecule has 0 aliphatic heterocycles. The van der Waals surface area contributed by atoms with Crippen LogP contribution in [0, 0.1) is 22.7 Å². The maximum atomic E-state index is 11.8. The maximum absolute atomic E-state index is 11.8. The van der Waals surface area contributed by atoms with Crippen molar-refractivity contribution in [1.82, 2.24) is 0 Å². The molecular formula is C15H10N4O. The highest BCUT2D eigenvalue weighted by Gasteiger charge is 2.06. The molecule has 0 bridgehead atoms. The van der Waals surface area contributed by atoms with Crippen molar-refractivity contribution in [2.24, 2.45) is 0 Å². The number of nitriles is 2. The number of amides is 2. The Bertz CT molecular complexity index is 708. The van der Waals surface area contributed by atoms with Gasteiger partial charge in [-0.05, 0) is 36.4 Å². The summed E-state index contributed by atoms with van der Waals surface area (Å²) in [6.45, 7) is 0. The smallest absolute Gasteiger partial charge is 0.308 e. The van der Waals surface area contributed by atoms with Gasteiger partial charge in [0.2, 0.25) is 0 Å². The van der Waals surface area contributed by atoms with Gasteiger partial charge in [-0.1, -0.05) is 12.1 Å². The minimum atomic E-state index is -0.447. The molecule has 20 heavy (non-hydrogen) atoms. The van der Waals surface area contributed by atoms with Crippen molar-refractivity contribution in [3.63, 3.8) is 0 Å². The molecule has 0 saturated heterocycles. The van der Waals surface area contributed by atoms with Gasteiger partial charge >= 0.3 is 6.03 Å². The van der Waals surface area contributed by atoms with E-state index in [1.54, 1.807) is 48.5 Å². The molecule has 96 valence electrons. The van der Waals surface area contributed by atoms with E-state index in [2.05, 4.69) is 10.6 Å². The highest BCUT2D eigenvalue weighted by molar-refractivity contribution is 6.00. The zero-order chi connectivity index (χ0) is 14.4. The second-order valence-electron chi connectivity index (χ2n) is 3.93. The van der Waals surface area contributed by atoms with Gasteiger partial charge in [0.05, 0.1) is 22.9 Å². The van der Waals surface area contributed by atoms with Crippen LogP contribution < -0.4 is 10.6 Å². The number of urea groups is 1. The highest BCUT2D eigenvalue weighted by atomic mass is 16.2. The first kappa shape index (κ1) is 13.1. The third-order valence-corrected chi connectivity index (χ3v) is 2.57. The number of benzene rings is 2. The fourth-order valence-electron chi connectivity index (χ4n) is 1.60. The molecule has 5 heteroatoms. The third kappa shape index (κ3) is 3.12. The highest BCUT2D eigenvalue weighted by Crippen LogP contribution is 2.14. The second-order valence-corrected chi connectivity index (χ2v) is 3.93. The van der Waals surface area contributed by atoms with Crippen LogP contribution >= 0.6 is 0 Å². The number of carbonyl (C=O) groups is 1. The average molecular weight is 262 g/mol. The Kier molecular flexibility index (Phi) is 3.96. The van der Waals surface area contributed by atoms with E-state index in [0.29, 0.717) is 22.5 Å². The third-order valence-electron chi connectivity index (χ3n) is 2.57. The number of para-hydroxylation sites is 1. The first-order valence-corrected chi connectivity index (χ1v) is 5.80. The van der Waals surface area contributed by atoms with Crippen LogP contribution in [-0.2, 0) is 0 Å². The number of nitrogens with one attached hydrogen (secondary N) is 2. The Balaban J connectivity index is 2.06. The normalized spacial score (nSPS) is 9.10. The van der Waals surface area contributed by atoms with E-state index >= 15 is 0 Å². The Labute approximate surface area is 116 Å². The van der Waals surface area contributed by atoms with Crippen LogP contribution in [0.3, 0.4) is 0 Å². The molecule has 0 aromatic heterocycles. The number of nitrogens with zero attached hydrogens (tertiary/aromatic N) is 2. The zero-order valence-corrected chi connectivity index (χ0v) is 10.4. The van der Waals surface area contributed by atoms with Crippen molar-refractivity contribution in [3.8, 4) is 12.1 Å². The molecule has 0 aliphatic rings. The molecule has 2 rings (SSSR count). The quantitative estimate of drug-likeness (QED) is 0.871. The lowest BCUT2D eigenvalue weighted by atomic mass is 10.2. The van der Waals surface area contributed by atoms with Crippen LogP contribution in [0.4, 0.5) is 16.2 Å². The molecule has 0 heterocycles. The fourth-order valence-corrected chi connectivity index (χ4v) is 1.60. The summed E-state index contributed by atoms with van der Waals surface area (Å²) in [6.07, 6.45) is 0. The van der Waals surface area contributed by atoms with Crippen molar-refractivity contribution < 1.29 is 4.79 Å². The lowest BCUT2D eigenvalue weighted by Gasteiger charge is -2.08. The molecule has 0 fully saturated rings. The van der Waals surface area contributed by atoms with Crippen LogP contribution in [0.5, 0.6) is 0 Å². The van der Waals surface area contributed by atoms with Crippen LogP contribution in [0.15, 0.2) is 48.5 Å². The van der Waals surface area contributed by atoms with Crippen molar-refractivity contribution >= 4 is 17.4 Å². The fraction of sp³-hybridized carbons (Fsp3) is 0. The predicted molar refractivity (Wildman–Crippen MR) is 75.0 cm³/mol. The summed E-state index contributed by atoms with van der Waals surface area (Å²) in [5.41, 5.74) is 1.92. The largest absolute Gasteiger partial charge is 0.323 e. The lowest BCUT2D eigenvalue weighted by Crippen LogP contribution is -2.19. The van der Waals surface area contributed by atoms with E-state index in [-0.39, 0.29) is 0 Å². The number of anilines is 2. The van der Waals surface area contributed by atoms with E-state index in [4.69, 9.17) is 10.5 Å². The molecule has 2 aromatic carbocycles. The minimum Gasteiger partial charge on any atom is -0.308 e. The monoisotopic (exact) mass is 262 g/mol. The van der Waals surface area contributed by atoms with Gasteiger partial charge in [-0.2, -0.15) is 10.5 Å². The van der Waals surface area contributed by atoms with Gasteiger partial charge in [0.25, 0.3) is 0 Å². The van der Waals surface area contributed by atoms with E-state index in [0.717, 1.165) is 0 Å². The topological polar surface area (TPSA) is 88.7 Å². The summed E-state index contributed by atoms with van der Waals surface area (Å²) in [5.74, 6) is 0. The van der Waals surface area contributed by atoms with Crippen molar-refractivity contribution in [1.29, 1.82) is 10.5 Å². The number of rotatable bonds is 2. The van der Waals surface area contributed by atoms with Crippen LogP contribution in [-0.4, -0.2) is 6.03 Å². The Morgan fingerprint density at radius 3 is 2.25 bits per heavy atom. The zero-order valence-electron chi connectivity index (χ0n) is 10.4. The molecule has 0 radical (unpaired) electrons. The summed E-state index contributed by atoms with van der Waals surface area (Å²) >= 11 is 0. The molecule has 0 atom stereocenters. The van der Waals surface area contributed by atoms with Gasteiger partial charge < -0.3 is 10.6 Å². The maximum Gasteiger partial charge on any atom is 0.323 e. The number of hydrogen-bond donors (Lipinski definition) is 2. The average Bonchev–Trinajstić information content (AvgIpc) is 2.48. The molecule has 2 aromatic rings. The van der Waals surface area contributed by atoms with E-state index < -0.39 is 6.03 Å². The second kappa shape index (κ2) is 6.03. The van der Waals surface area contributed by atoms with Gasteiger partial charge in [0, 0.05) is 5.69 Å². The van der Waals surface area contributed by atoms with Gasteiger partial charge in [-0.3, -0.25) is 0 Å². The van der Waals surface area contributed by atoms with E-state index in [9.17, 15) is 4.79 Å². The molecular weight excluding hydrogens is 252 g/mol. The molecule has 0 unspecified atom stereocenters. The van der Waals surface area contributed by atoms with Crippen LogP contribution in [0.2, 0.25) is 0 Å². The first-order valence-electron chi connectivity index (χ1n) is 5.80. The molecule has 2 N–H and O–H groups in total. The van der Waals surface area contributed by atoms with Crippen molar-refractivity contribution in [3.05, 3.63) is 59.7 Å².